The average molecular weight is 367 g/mol. The number of sulfonamides is 1. The van der Waals surface area contributed by atoms with Crippen molar-refractivity contribution in [2.24, 2.45) is 0 Å². The van der Waals surface area contributed by atoms with Gasteiger partial charge in [0.15, 0.2) is 0 Å². The van der Waals surface area contributed by atoms with E-state index in [1.54, 1.807) is 13.1 Å². The SMILES string of the molecule is Cc1cncc(O[C@H]2CCOC3(C2)CN(S(=O)(=O)C(F)(F)F)C3)n1. The van der Waals surface area contributed by atoms with Crippen molar-refractivity contribution >= 4 is 10.0 Å². The summed E-state index contributed by atoms with van der Waals surface area (Å²) < 4.78 is 72.0. The van der Waals surface area contributed by atoms with Crippen LogP contribution in [0.4, 0.5) is 13.2 Å². The molecule has 0 aliphatic carbocycles. The minimum absolute atomic E-state index is 0.282. The van der Waals surface area contributed by atoms with Crippen LogP contribution in [0.25, 0.3) is 0 Å². The summed E-state index contributed by atoms with van der Waals surface area (Å²) in [5.74, 6) is 0.330. The Labute approximate surface area is 136 Å². The Hall–Kier alpha value is -1.46. The minimum Gasteiger partial charge on any atom is -0.473 e. The molecule has 134 valence electrons. The van der Waals surface area contributed by atoms with Crippen LogP contribution < -0.4 is 4.74 Å². The summed E-state index contributed by atoms with van der Waals surface area (Å²) in [6, 6.07) is 0. The molecule has 1 atom stereocenters. The molecule has 2 fully saturated rings. The minimum atomic E-state index is -5.31. The first kappa shape index (κ1) is 17.4. The molecule has 0 amide bonds. The summed E-state index contributed by atoms with van der Waals surface area (Å²) in [4.78, 5) is 8.13. The third kappa shape index (κ3) is 3.20. The highest BCUT2D eigenvalue weighted by Crippen LogP contribution is 2.40. The van der Waals surface area contributed by atoms with Gasteiger partial charge in [-0.1, -0.05) is 0 Å². The van der Waals surface area contributed by atoms with Gasteiger partial charge < -0.3 is 9.47 Å². The van der Waals surface area contributed by atoms with Crippen molar-refractivity contribution in [3.8, 4) is 5.88 Å². The summed E-state index contributed by atoms with van der Waals surface area (Å²) in [6.45, 7) is 1.39. The second kappa shape index (κ2) is 5.81. The van der Waals surface area contributed by atoms with Gasteiger partial charge in [-0.15, -0.1) is 0 Å². The van der Waals surface area contributed by atoms with E-state index in [1.807, 2.05) is 0 Å². The van der Waals surface area contributed by atoms with Crippen molar-refractivity contribution in [2.75, 3.05) is 19.7 Å². The zero-order valence-corrected chi connectivity index (χ0v) is 13.6. The van der Waals surface area contributed by atoms with Crippen LogP contribution in [0.3, 0.4) is 0 Å². The zero-order valence-electron chi connectivity index (χ0n) is 12.8. The zero-order chi connectivity index (χ0) is 17.6. The van der Waals surface area contributed by atoms with E-state index in [1.165, 1.54) is 6.20 Å². The third-order valence-corrected chi connectivity index (χ3v) is 5.55. The van der Waals surface area contributed by atoms with E-state index >= 15 is 0 Å². The highest BCUT2D eigenvalue weighted by atomic mass is 32.2. The lowest BCUT2D eigenvalue weighted by molar-refractivity contribution is -0.168. The summed E-state index contributed by atoms with van der Waals surface area (Å²) in [5.41, 5.74) is -5.55. The van der Waals surface area contributed by atoms with Gasteiger partial charge in [-0.3, -0.25) is 4.98 Å². The van der Waals surface area contributed by atoms with Gasteiger partial charge in [-0.2, -0.15) is 17.5 Å². The fourth-order valence-corrected chi connectivity index (χ4v) is 3.99. The van der Waals surface area contributed by atoms with Gasteiger partial charge in [0, 0.05) is 32.1 Å². The van der Waals surface area contributed by atoms with Crippen molar-refractivity contribution in [3.63, 3.8) is 0 Å². The van der Waals surface area contributed by atoms with Gasteiger partial charge in [0.1, 0.15) is 6.10 Å². The van der Waals surface area contributed by atoms with Crippen molar-refractivity contribution in [1.29, 1.82) is 0 Å². The molecule has 2 aliphatic heterocycles. The lowest BCUT2D eigenvalue weighted by Gasteiger charge is -2.51. The third-order valence-electron chi connectivity index (χ3n) is 4.03. The number of hydrogen-bond acceptors (Lipinski definition) is 6. The Bertz CT molecular complexity index is 719. The molecule has 24 heavy (non-hydrogen) atoms. The van der Waals surface area contributed by atoms with E-state index in [9.17, 15) is 21.6 Å². The topological polar surface area (TPSA) is 81.6 Å². The Morgan fingerprint density at radius 3 is 2.71 bits per heavy atom. The molecule has 0 aromatic carbocycles. The van der Waals surface area contributed by atoms with Crippen LogP contribution in [-0.2, 0) is 14.8 Å². The molecule has 3 heterocycles. The van der Waals surface area contributed by atoms with Crippen molar-refractivity contribution in [3.05, 3.63) is 18.1 Å². The summed E-state index contributed by atoms with van der Waals surface area (Å²) in [7, 11) is -5.31. The van der Waals surface area contributed by atoms with Crippen LogP contribution in [0, 0.1) is 6.92 Å². The number of alkyl halides is 3. The molecule has 0 N–H and O–H groups in total. The van der Waals surface area contributed by atoms with E-state index in [4.69, 9.17) is 9.47 Å². The number of aryl methyl sites for hydroxylation is 1. The van der Waals surface area contributed by atoms with Crippen LogP contribution >= 0.6 is 0 Å². The van der Waals surface area contributed by atoms with E-state index in [0.29, 0.717) is 28.7 Å². The normalized spacial score (nSPS) is 24.6. The molecule has 3 rings (SSSR count). The number of aromatic nitrogens is 2. The number of ether oxygens (including phenoxy) is 2. The van der Waals surface area contributed by atoms with Crippen LogP contribution in [0.1, 0.15) is 18.5 Å². The first-order valence-corrected chi connectivity index (χ1v) is 8.71. The molecule has 7 nitrogen and oxygen atoms in total. The first-order chi connectivity index (χ1) is 11.1. The fourth-order valence-electron chi connectivity index (χ4n) is 2.88. The van der Waals surface area contributed by atoms with Gasteiger partial charge in [0.2, 0.25) is 5.88 Å². The lowest BCUT2D eigenvalue weighted by atomic mass is 9.86. The van der Waals surface area contributed by atoms with Crippen LogP contribution in [0.15, 0.2) is 12.4 Å². The van der Waals surface area contributed by atoms with Crippen molar-refractivity contribution in [2.45, 2.75) is 37.0 Å². The molecule has 1 spiro atoms. The lowest BCUT2D eigenvalue weighted by Crippen LogP contribution is -2.68. The molecule has 1 aromatic rings. The van der Waals surface area contributed by atoms with Gasteiger partial charge in [-0.25, -0.2) is 13.4 Å². The molecule has 0 bridgehead atoms. The largest absolute Gasteiger partial charge is 0.511 e. The molecule has 2 saturated heterocycles. The number of rotatable bonds is 3. The van der Waals surface area contributed by atoms with Gasteiger partial charge in [0.05, 0.1) is 24.1 Å². The quantitative estimate of drug-likeness (QED) is 0.800. The maximum absolute atomic E-state index is 12.6. The highest BCUT2D eigenvalue weighted by molar-refractivity contribution is 7.90. The second-order valence-electron chi connectivity index (χ2n) is 5.98. The standard InChI is InChI=1S/C13H16F3N3O4S/c1-9-5-17-6-11(18-9)23-10-2-3-22-12(4-10)7-19(8-12)24(20,21)13(14,15)16/h5-6,10H,2-4,7-8H2,1H3/t10-/m0/s1. The predicted octanol–water partition coefficient (Wildman–Crippen LogP) is 1.25. The van der Waals surface area contributed by atoms with E-state index in [2.05, 4.69) is 9.97 Å². The molecule has 0 radical (unpaired) electrons. The summed E-state index contributed by atoms with van der Waals surface area (Å²) >= 11 is 0. The Kier molecular flexibility index (Phi) is 4.21. The van der Waals surface area contributed by atoms with Gasteiger partial charge in [0.25, 0.3) is 0 Å². The predicted molar refractivity (Wildman–Crippen MR) is 75.6 cm³/mol. The van der Waals surface area contributed by atoms with Crippen molar-refractivity contribution < 1.29 is 31.1 Å². The van der Waals surface area contributed by atoms with Crippen LogP contribution in [0.5, 0.6) is 5.88 Å². The number of halogens is 3. The molecule has 0 saturated carbocycles. The maximum Gasteiger partial charge on any atom is 0.511 e. The highest BCUT2D eigenvalue weighted by Gasteiger charge is 2.59. The Morgan fingerprint density at radius 1 is 1.38 bits per heavy atom. The molecule has 1 aromatic heterocycles. The second-order valence-corrected chi connectivity index (χ2v) is 7.91. The average Bonchev–Trinajstić information content (AvgIpc) is 2.43. The first-order valence-electron chi connectivity index (χ1n) is 7.27. The summed E-state index contributed by atoms with van der Waals surface area (Å²) in [6.07, 6.45) is 3.56. The van der Waals surface area contributed by atoms with Gasteiger partial charge in [-0.05, 0) is 6.92 Å². The number of nitrogens with zero attached hydrogens (tertiary/aromatic N) is 3. The monoisotopic (exact) mass is 367 g/mol. The molecular weight excluding hydrogens is 351 g/mol. The van der Waals surface area contributed by atoms with Crippen LogP contribution in [-0.4, -0.2) is 59.6 Å². The van der Waals surface area contributed by atoms with E-state index < -0.39 is 21.1 Å². The molecule has 0 unspecified atom stereocenters. The Balaban J connectivity index is 1.63. The molecular formula is C13H16F3N3O4S. The van der Waals surface area contributed by atoms with Crippen LogP contribution in [0.2, 0.25) is 0 Å². The molecule has 2 aliphatic rings. The van der Waals surface area contributed by atoms with Gasteiger partial charge >= 0.3 is 15.5 Å². The maximum atomic E-state index is 12.6. The summed E-state index contributed by atoms with van der Waals surface area (Å²) in [5, 5.41) is 0. The number of hydrogen-bond donors (Lipinski definition) is 0. The fraction of sp³-hybridized carbons (Fsp3) is 0.692. The smallest absolute Gasteiger partial charge is 0.473 e. The Morgan fingerprint density at radius 2 is 2.08 bits per heavy atom. The van der Waals surface area contributed by atoms with E-state index in [-0.39, 0.29) is 25.8 Å². The van der Waals surface area contributed by atoms with Crippen molar-refractivity contribution in [1.82, 2.24) is 14.3 Å². The van der Waals surface area contributed by atoms with E-state index in [0.717, 1.165) is 0 Å². The molecule has 11 heteroatoms.